The van der Waals surface area contributed by atoms with Crippen molar-refractivity contribution < 1.29 is 35.6 Å². The van der Waals surface area contributed by atoms with E-state index in [1.165, 1.54) is 12.1 Å². The predicted octanol–water partition coefficient (Wildman–Crippen LogP) is 3.43. The normalized spacial score (nSPS) is 31.4. The molecule has 2 saturated carbocycles. The average molecular weight is 423 g/mol. The fourth-order valence-electron chi connectivity index (χ4n) is 3.92. The fraction of sp³-hybridized carbons (Fsp3) is 0.611. The Bertz CT molecular complexity index is 826. The number of nitrogens with one attached hydrogen (secondary N) is 1. The van der Waals surface area contributed by atoms with Crippen LogP contribution in [0, 0.1) is 17.8 Å². The zero-order valence-electron chi connectivity index (χ0n) is 15.1. The Kier molecular flexibility index (Phi) is 5.48. The number of halogens is 4. The van der Waals surface area contributed by atoms with Crippen LogP contribution in [0.2, 0.25) is 0 Å². The zero-order chi connectivity index (χ0) is 20.7. The second-order valence-corrected chi connectivity index (χ2v) is 9.78. The summed E-state index contributed by atoms with van der Waals surface area (Å²) in [6.45, 7) is 0. The summed E-state index contributed by atoms with van der Waals surface area (Å²) >= 11 is 0. The van der Waals surface area contributed by atoms with Crippen LogP contribution in [0.4, 0.5) is 17.6 Å². The number of rotatable bonds is 5. The largest absolute Gasteiger partial charge is 0.392 e. The van der Waals surface area contributed by atoms with Crippen molar-refractivity contribution in [3.8, 4) is 0 Å². The molecule has 0 radical (unpaired) electrons. The summed E-state index contributed by atoms with van der Waals surface area (Å²) in [5, 5.41) is 0. The maximum absolute atomic E-state index is 14.9. The molecule has 1 aromatic carbocycles. The van der Waals surface area contributed by atoms with Crippen LogP contribution in [-0.4, -0.2) is 37.9 Å². The molecule has 2 aliphatic carbocycles. The monoisotopic (exact) mass is 423 g/mol. The van der Waals surface area contributed by atoms with E-state index in [2.05, 4.69) is 0 Å². The second-order valence-electron chi connectivity index (χ2n) is 7.54. The Morgan fingerprint density at radius 2 is 1.82 bits per heavy atom. The molecule has 5 nitrogen and oxygen atoms in total. The van der Waals surface area contributed by atoms with Gasteiger partial charge in [-0.05, 0) is 43.2 Å². The lowest BCUT2D eigenvalue weighted by molar-refractivity contribution is -0.224. The highest BCUT2D eigenvalue weighted by molar-refractivity contribution is 7.92. The Hall–Kier alpha value is -1.68. The van der Waals surface area contributed by atoms with E-state index in [0.29, 0.717) is 19.1 Å². The molecule has 0 aliphatic heterocycles. The average Bonchev–Trinajstić information content (AvgIpc) is 3.44. The van der Waals surface area contributed by atoms with Gasteiger partial charge in [0.05, 0.1) is 5.92 Å². The molecule has 0 bridgehead atoms. The molecule has 3 rings (SSSR count). The van der Waals surface area contributed by atoms with Gasteiger partial charge in [0.15, 0.2) is 9.84 Å². The summed E-state index contributed by atoms with van der Waals surface area (Å²) in [7, 11) is -4.30. The molecule has 1 aromatic rings. The van der Waals surface area contributed by atoms with Crippen molar-refractivity contribution in [2.45, 2.75) is 43.0 Å². The lowest BCUT2D eigenvalue weighted by Gasteiger charge is -2.45. The van der Waals surface area contributed by atoms with Crippen LogP contribution in [0.3, 0.4) is 0 Å². The molecule has 4 atom stereocenters. The minimum Gasteiger partial charge on any atom is -0.267 e. The molecule has 0 aromatic heterocycles. The molecule has 0 saturated heterocycles. The number of carbonyl (C=O) groups is 1. The van der Waals surface area contributed by atoms with E-state index in [-0.39, 0.29) is 11.5 Å². The number of hydrogen-bond donors (Lipinski definition) is 1. The molecule has 0 heterocycles. The van der Waals surface area contributed by atoms with Gasteiger partial charge in [0.1, 0.15) is 6.17 Å². The highest BCUT2D eigenvalue weighted by atomic mass is 32.2. The van der Waals surface area contributed by atoms with E-state index in [1.54, 1.807) is 18.2 Å². The van der Waals surface area contributed by atoms with Gasteiger partial charge in [-0.15, -0.1) is 0 Å². The Morgan fingerprint density at radius 3 is 2.32 bits per heavy atom. The van der Waals surface area contributed by atoms with Crippen LogP contribution in [-0.2, 0) is 14.7 Å². The molecule has 28 heavy (non-hydrogen) atoms. The van der Waals surface area contributed by atoms with Crippen molar-refractivity contribution >= 4 is 15.7 Å². The van der Waals surface area contributed by atoms with Crippen LogP contribution in [0.5, 0.6) is 0 Å². The van der Waals surface area contributed by atoms with E-state index >= 15 is 0 Å². The van der Waals surface area contributed by atoms with Crippen molar-refractivity contribution in [1.82, 2.24) is 5.48 Å². The predicted molar refractivity (Wildman–Crippen MR) is 92.5 cm³/mol. The highest BCUT2D eigenvalue weighted by Crippen LogP contribution is 2.56. The van der Waals surface area contributed by atoms with E-state index in [9.17, 15) is 30.8 Å². The molecule has 1 N–H and O–H groups in total. The number of hydroxylamine groups is 1. The van der Waals surface area contributed by atoms with Gasteiger partial charge in [0.2, 0.25) is 4.93 Å². The van der Waals surface area contributed by atoms with Crippen LogP contribution in [0.1, 0.15) is 36.0 Å². The number of benzene rings is 1. The van der Waals surface area contributed by atoms with Gasteiger partial charge in [-0.3, -0.25) is 4.79 Å². The van der Waals surface area contributed by atoms with Gasteiger partial charge in [0.25, 0.3) is 5.91 Å². The third-order valence-corrected chi connectivity index (χ3v) is 7.36. The Morgan fingerprint density at radius 1 is 1.21 bits per heavy atom. The van der Waals surface area contributed by atoms with E-state index in [0.717, 1.165) is 0 Å². The van der Waals surface area contributed by atoms with Gasteiger partial charge < -0.3 is 0 Å². The first kappa shape index (κ1) is 21.0. The third-order valence-electron chi connectivity index (χ3n) is 5.60. The summed E-state index contributed by atoms with van der Waals surface area (Å²) in [6, 6.07) is 7.66. The number of amides is 1. The SMILES string of the molecule is CS(=O)(=O)C1(ONC(=O)c2ccccc2)CC(C2CC2)C(C(F)(F)F)CC1F. The lowest BCUT2D eigenvalue weighted by Crippen LogP contribution is -2.59. The molecule has 4 unspecified atom stereocenters. The van der Waals surface area contributed by atoms with Gasteiger partial charge in [-0.25, -0.2) is 23.1 Å². The van der Waals surface area contributed by atoms with Gasteiger partial charge in [0, 0.05) is 18.2 Å². The first-order valence-electron chi connectivity index (χ1n) is 8.89. The topological polar surface area (TPSA) is 72.5 Å². The molecule has 1 amide bonds. The minimum absolute atomic E-state index is 0.143. The van der Waals surface area contributed by atoms with Gasteiger partial charge in [-0.1, -0.05) is 18.2 Å². The fourth-order valence-corrected chi connectivity index (χ4v) is 5.17. The minimum atomic E-state index is -4.63. The van der Waals surface area contributed by atoms with Gasteiger partial charge in [-0.2, -0.15) is 13.2 Å². The molecule has 2 fully saturated rings. The summed E-state index contributed by atoms with van der Waals surface area (Å²) < 4.78 is 80.0. The Labute approximate surface area is 160 Å². The number of hydrogen-bond acceptors (Lipinski definition) is 4. The summed E-state index contributed by atoms with van der Waals surface area (Å²) in [5.74, 6) is -4.14. The Balaban J connectivity index is 1.87. The standard InChI is InChI=1S/C18H21F4NO4S/c1-28(25,26)17(27-23-16(24)12-5-3-2-4-6-12)10-13(11-7-8-11)14(9-15(17)19)18(20,21)22/h2-6,11,13-15H,7-10H2,1H3,(H,23,24). The number of alkyl halides is 4. The van der Waals surface area contributed by atoms with Gasteiger partial charge >= 0.3 is 6.18 Å². The second kappa shape index (κ2) is 7.29. The lowest BCUT2D eigenvalue weighted by atomic mass is 9.73. The van der Waals surface area contributed by atoms with Crippen molar-refractivity contribution in [1.29, 1.82) is 0 Å². The summed E-state index contributed by atoms with van der Waals surface area (Å²) in [4.78, 5) is 14.7. The van der Waals surface area contributed by atoms with E-state index < -0.39 is 57.7 Å². The summed E-state index contributed by atoms with van der Waals surface area (Å²) in [6.07, 6.45) is -6.95. The molecule has 0 spiro atoms. The number of carbonyl (C=O) groups excluding carboxylic acids is 1. The van der Waals surface area contributed by atoms with Crippen LogP contribution in [0.25, 0.3) is 0 Å². The molecule has 2 aliphatic rings. The molecular weight excluding hydrogens is 402 g/mol. The smallest absolute Gasteiger partial charge is 0.267 e. The van der Waals surface area contributed by atoms with E-state index in [4.69, 9.17) is 4.84 Å². The third kappa shape index (κ3) is 4.03. The molecule has 156 valence electrons. The highest BCUT2D eigenvalue weighted by Gasteiger charge is 2.64. The van der Waals surface area contributed by atoms with Crippen LogP contribution in [0.15, 0.2) is 30.3 Å². The van der Waals surface area contributed by atoms with Crippen LogP contribution >= 0.6 is 0 Å². The quantitative estimate of drug-likeness (QED) is 0.582. The zero-order valence-corrected chi connectivity index (χ0v) is 15.9. The van der Waals surface area contributed by atoms with Crippen molar-refractivity contribution in [3.05, 3.63) is 35.9 Å². The van der Waals surface area contributed by atoms with Crippen LogP contribution < -0.4 is 5.48 Å². The maximum atomic E-state index is 14.9. The van der Waals surface area contributed by atoms with E-state index in [1.807, 2.05) is 5.48 Å². The molecule has 10 heteroatoms. The van der Waals surface area contributed by atoms with Crippen molar-refractivity contribution in [2.75, 3.05) is 6.26 Å². The molecular formula is C18H21F4NO4S. The number of sulfone groups is 1. The first-order chi connectivity index (χ1) is 13.0. The summed E-state index contributed by atoms with van der Waals surface area (Å²) in [5.41, 5.74) is 2.08. The van der Waals surface area contributed by atoms with Crippen molar-refractivity contribution in [3.63, 3.8) is 0 Å². The van der Waals surface area contributed by atoms with Crippen molar-refractivity contribution in [2.24, 2.45) is 17.8 Å². The first-order valence-corrected chi connectivity index (χ1v) is 10.8. The maximum Gasteiger partial charge on any atom is 0.392 e.